The summed E-state index contributed by atoms with van der Waals surface area (Å²) < 4.78 is 5.55. The number of aromatic amines is 2. The van der Waals surface area contributed by atoms with Gasteiger partial charge in [-0.05, 0) is 30.5 Å². The highest BCUT2D eigenvalue weighted by Crippen LogP contribution is 2.13. The van der Waals surface area contributed by atoms with Crippen LogP contribution in [-0.2, 0) is 17.9 Å². The van der Waals surface area contributed by atoms with Crippen molar-refractivity contribution < 1.29 is 9.53 Å². The van der Waals surface area contributed by atoms with Crippen molar-refractivity contribution in [1.29, 1.82) is 0 Å². The van der Waals surface area contributed by atoms with Gasteiger partial charge in [0.2, 0.25) is 0 Å². The van der Waals surface area contributed by atoms with E-state index >= 15 is 0 Å². The quantitative estimate of drug-likeness (QED) is 0.681. The van der Waals surface area contributed by atoms with Gasteiger partial charge in [0.05, 0.1) is 6.54 Å². The minimum atomic E-state index is -0.309. The minimum absolute atomic E-state index is 0.0474. The Kier molecular flexibility index (Phi) is 5.27. The van der Waals surface area contributed by atoms with Crippen molar-refractivity contribution in [2.45, 2.75) is 25.9 Å². The molecule has 8 nitrogen and oxygen atoms in total. The summed E-state index contributed by atoms with van der Waals surface area (Å²) in [6, 6.07) is 7.58. The van der Waals surface area contributed by atoms with E-state index in [2.05, 4.69) is 20.5 Å². The number of hydrogen-bond acceptors (Lipinski definition) is 5. The van der Waals surface area contributed by atoms with Crippen molar-refractivity contribution in [3.63, 3.8) is 0 Å². The first-order valence-corrected chi connectivity index (χ1v) is 8.04. The molecule has 1 fully saturated rings. The number of amides is 1. The Morgan fingerprint density at radius 1 is 1.21 bits per heavy atom. The van der Waals surface area contributed by atoms with Gasteiger partial charge in [-0.1, -0.05) is 12.1 Å². The first-order chi connectivity index (χ1) is 11.7. The summed E-state index contributed by atoms with van der Waals surface area (Å²) in [6.07, 6.45) is 2.17. The molecule has 1 aliphatic heterocycles. The van der Waals surface area contributed by atoms with Crippen molar-refractivity contribution in [2.75, 3.05) is 19.7 Å². The summed E-state index contributed by atoms with van der Waals surface area (Å²) in [6.45, 7) is 2.88. The number of nitrogens with zero attached hydrogens (tertiary/aromatic N) is 2. The van der Waals surface area contributed by atoms with Crippen molar-refractivity contribution in [1.82, 2.24) is 25.4 Å². The molecule has 3 rings (SSSR count). The van der Waals surface area contributed by atoms with E-state index in [0.717, 1.165) is 31.5 Å². The van der Waals surface area contributed by atoms with Crippen LogP contribution in [0.4, 0.5) is 0 Å². The van der Waals surface area contributed by atoms with E-state index in [0.29, 0.717) is 24.7 Å². The Hall–Kier alpha value is -2.61. The SMILES string of the molecule is O=C(COc1ccc(CNCc2n[nH]c(=O)[nH]2)cc1)N1CCCC1. The average molecular weight is 331 g/mol. The zero-order valence-electron chi connectivity index (χ0n) is 13.4. The number of nitrogens with one attached hydrogen (secondary N) is 3. The largest absolute Gasteiger partial charge is 0.484 e. The fourth-order valence-corrected chi connectivity index (χ4v) is 2.62. The molecular weight excluding hydrogens is 310 g/mol. The summed E-state index contributed by atoms with van der Waals surface area (Å²) >= 11 is 0. The van der Waals surface area contributed by atoms with Gasteiger partial charge in [-0.25, -0.2) is 9.89 Å². The predicted octanol–water partition coefficient (Wildman–Crippen LogP) is 0.389. The Morgan fingerprint density at radius 2 is 1.96 bits per heavy atom. The maximum Gasteiger partial charge on any atom is 0.340 e. The summed E-state index contributed by atoms with van der Waals surface area (Å²) in [5.41, 5.74) is 0.767. The molecule has 1 amide bonds. The number of aromatic nitrogens is 3. The Bertz CT molecular complexity index is 716. The number of benzene rings is 1. The molecule has 1 saturated heterocycles. The zero-order chi connectivity index (χ0) is 16.8. The first-order valence-electron chi connectivity index (χ1n) is 8.04. The van der Waals surface area contributed by atoms with Gasteiger partial charge in [0.15, 0.2) is 6.61 Å². The molecule has 24 heavy (non-hydrogen) atoms. The van der Waals surface area contributed by atoms with E-state index in [9.17, 15) is 9.59 Å². The minimum Gasteiger partial charge on any atom is -0.484 e. The highest BCUT2D eigenvalue weighted by Gasteiger charge is 2.17. The number of carbonyl (C=O) groups is 1. The summed E-state index contributed by atoms with van der Waals surface area (Å²) in [4.78, 5) is 27.3. The fraction of sp³-hybridized carbons (Fsp3) is 0.438. The lowest BCUT2D eigenvalue weighted by atomic mass is 10.2. The molecule has 1 aromatic heterocycles. The first kappa shape index (κ1) is 16.3. The third kappa shape index (κ3) is 4.45. The Balaban J connectivity index is 1.41. The molecule has 0 spiro atoms. The van der Waals surface area contributed by atoms with Crippen molar-refractivity contribution >= 4 is 5.91 Å². The fourth-order valence-electron chi connectivity index (χ4n) is 2.62. The Labute approximate surface area is 139 Å². The normalized spacial score (nSPS) is 14.1. The molecule has 0 atom stereocenters. The summed E-state index contributed by atoms with van der Waals surface area (Å²) in [7, 11) is 0. The molecule has 128 valence electrons. The van der Waals surface area contributed by atoms with E-state index in [-0.39, 0.29) is 18.2 Å². The number of H-pyrrole nitrogens is 2. The van der Waals surface area contributed by atoms with Crippen LogP contribution >= 0.6 is 0 Å². The number of carbonyl (C=O) groups excluding carboxylic acids is 1. The topological polar surface area (TPSA) is 103 Å². The monoisotopic (exact) mass is 331 g/mol. The van der Waals surface area contributed by atoms with Gasteiger partial charge in [0.1, 0.15) is 11.6 Å². The second kappa shape index (κ2) is 7.78. The molecule has 8 heteroatoms. The van der Waals surface area contributed by atoms with Crippen molar-refractivity contribution in [3.8, 4) is 5.75 Å². The lowest BCUT2D eigenvalue weighted by Crippen LogP contribution is -2.32. The lowest BCUT2D eigenvalue weighted by Gasteiger charge is -2.15. The molecule has 2 aromatic rings. The van der Waals surface area contributed by atoms with Gasteiger partial charge in [0, 0.05) is 19.6 Å². The average Bonchev–Trinajstić information content (AvgIpc) is 3.26. The van der Waals surface area contributed by atoms with Crippen LogP contribution in [0.3, 0.4) is 0 Å². The molecule has 0 saturated carbocycles. The van der Waals surface area contributed by atoms with Gasteiger partial charge >= 0.3 is 5.69 Å². The zero-order valence-corrected chi connectivity index (χ0v) is 13.4. The van der Waals surface area contributed by atoms with Crippen LogP contribution in [0, 0.1) is 0 Å². The number of hydrogen-bond donors (Lipinski definition) is 3. The van der Waals surface area contributed by atoms with Crippen molar-refractivity contribution in [3.05, 3.63) is 46.1 Å². The number of ether oxygens (including phenoxy) is 1. The highest BCUT2D eigenvalue weighted by molar-refractivity contribution is 5.78. The van der Waals surface area contributed by atoms with Gasteiger partial charge in [-0.2, -0.15) is 5.10 Å². The Morgan fingerprint density at radius 3 is 2.62 bits per heavy atom. The van der Waals surface area contributed by atoms with Crippen molar-refractivity contribution in [2.24, 2.45) is 0 Å². The van der Waals surface area contributed by atoms with E-state index in [1.165, 1.54) is 0 Å². The van der Waals surface area contributed by atoms with E-state index < -0.39 is 0 Å². The predicted molar refractivity (Wildman–Crippen MR) is 87.5 cm³/mol. The smallest absolute Gasteiger partial charge is 0.340 e. The molecular formula is C16H21N5O3. The molecule has 0 radical (unpaired) electrons. The third-order valence-electron chi connectivity index (χ3n) is 3.92. The maximum absolute atomic E-state index is 11.9. The maximum atomic E-state index is 11.9. The molecule has 0 bridgehead atoms. The molecule has 1 aliphatic rings. The molecule has 0 unspecified atom stereocenters. The van der Waals surface area contributed by atoms with Gasteiger partial charge < -0.3 is 15.0 Å². The van der Waals surface area contributed by atoms with Crippen LogP contribution in [0.2, 0.25) is 0 Å². The molecule has 3 N–H and O–H groups in total. The van der Waals surface area contributed by atoms with Crippen LogP contribution < -0.4 is 15.7 Å². The van der Waals surface area contributed by atoms with Crippen LogP contribution in [-0.4, -0.2) is 45.7 Å². The van der Waals surface area contributed by atoms with Crippen LogP contribution in [0.25, 0.3) is 0 Å². The van der Waals surface area contributed by atoms with E-state index in [4.69, 9.17) is 4.74 Å². The molecule has 0 aliphatic carbocycles. The van der Waals surface area contributed by atoms with Crippen LogP contribution in [0.1, 0.15) is 24.2 Å². The molecule has 1 aromatic carbocycles. The van der Waals surface area contributed by atoms with Gasteiger partial charge in [0.25, 0.3) is 5.91 Å². The second-order valence-electron chi connectivity index (χ2n) is 5.75. The number of likely N-dealkylation sites (tertiary alicyclic amines) is 1. The highest BCUT2D eigenvalue weighted by atomic mass is 16.5. The second-order valence-corrected chi connectivity index (χ2v) is 5.75. The summed E-state index contributed by atoms with van der Waals surface area (Å²) in [5, 5.41) is 9.33. The lowest BCUT2D eigenvalue weighted by molar-refractivity contribution is -0.132. The summed E-state index contributed by atoms with van der Waals surface area (Å²) in [5.74, 6) is 1.30. The molecule has 2 heterocycles. The number of rotatable bonds is 7. The van der Waals surface area contributed by atoms with Gasteiger partial charge in [-0.15, -0.1) is 0 Å². The van der Waals surface area contributed by atoms with Crippen LogP contribution in [0.15, 0.2) is 29.1 Å². The van der Waals surface area contributed by atoms with Crippen LogP contribution in [0.5, 0.6) is 5.75 Å². The third-order valence-corrected chi connectivity index (χ3v) is 3.92. The van der Waals surface area contributed by atoms with Gasteiger partial charge in [-0.3, -0.25) is 9.78 Å². The standard InChI is InChI=1S/C16H21N5O3/c22-15(21-7-1-2-8-21)11-24-13-5-3-12(4-6-13)9-17-10-14-18-16(23)20-19-14/h3-6,17H,1-2,7-11H2,(H2,18,19,20,23). The van der Waals surface area contributed by atoms with E-state index in [1.807, 2.05) is 29.2 Å². The van der Waals surface area contributed by atoms with E-state index in [1.54, 1.807) is 0 Å².